The van der Waals surface area contributed by atoms with Gasteiger partial charge in [-0.25, -0.2) is 9.18 Å². The molecule has 0 saturated carbocycles. The highest BCUT2D eigenvalue weighted by molar-refractivity contribution is 5.85. The van der Waals surface area contributed by atoms with Crippen LogP contribution in [0.25, 0.3) is 0 Å². The van der Waals surface area contributed by atoms with Gasteiger partial charge in [0, 0.05) is 0 Å². The third kappa shape index (κ3) is 6.46. The van der Waals surface area contributed by atoms with Gasteiger partial charge in [-0.3, -0.25) is 9.59 Å². The molecule has 0 heterocycles. The number of carbonyl (C=O) groups is 3. The number of hydrogen-bond donors (Lipinski definition) is 2. The van der Waals surface area contributed by atoms with E-state index in [0.717, 1.165) is 0 Å². The van der Waals surface area contributed by atoms with Gasteiger partial charge in [0.15, 0.2) is 0 Å². The Kier molecular flexibility index (Phi) is 7.18. The van der Waals surface area contributed by atoms with Gasteiger partial charge in [-0.1, -0.05) is 19.1 Å². The van der Waals surface area contributed by atoms with Crippen LogP contribution in [-0.2, 0) is 25.5 Å². The van der Waals surface area contributed by atoms with Crippen molar-refractivity contribution in [1.82, 2.24) is 5.32 Å². The van der Waals surface area contributed by atoms with E-state index < -0.39 is 35.6 Å². The van der Waals surface area contributed by atoms with E-state index in [1.807, 2.05) is 0 Å². The largest absolute Gasteiger partial charge is 0.480 e. The number of halogens is 1. The molecule has 1 amide bonds. The van der Waals surface area contributed by atoms with Crippen LogP contribution in [0.3, 0.4) is 0 Å². The summed E-state index contributed by atoms with van der Waals surface area (Å²) in [5.41, 5.74) is 0.562. The smallest absolute Gasteiger partial charge is 0.326 e. The molecule has 1 rings (SSSR count). The van der Waals surface area contributed by atoms with Crippen LogP contribution in [0.4, 0.5) is 4.39 Å². The number of carboxylic acid groups (broad SMARTS) is 1. The minimum Gasteiger partial charge on any atom is -0.480 e. The van der Waals surface area contributed by atoms with Crippen LogP contribution in [0, 0.1) is 11.7 Å². The number of aliphatic carboxylic acids is 1. The average molecular weight is 325 g/mol. The molecule has 1 aromatic rings. The minimum atomic E-state index is -1.23. The summed E-state index contributed by atoms with van der Waals surface area (Å²) >= 11 is 0. The van der Waals surface area contributed by atoms with Crippen molar-refractivity contribution in [3.63, 3.8) is 0 Å². The maximum Gasteiger partial charge on any atom is 0.326 e. The fourth-order valence-electron chi connectivity index (χ4n) is 1.99. The maximum absolute atomic E-state index is 12.8. The first kappa shape index (κ1) is 18.6. The Labute approximate surface area is 133 Å². The van der Waals surface area contributed by atoms with Crippen LogP contribution in [0.5, 0.6) is 0 Å². The van der Waals surface area contributed by atoms with Gasteiger partial charge in [-0.05, 0) is 31.0 Å². The van der Waals surface area contributed by atoms with E-state index in [1.54, 1.807) is 13.8 Å². The molecule has 0 saturated heterocycles. The second kappa shape index (κ2) is 8.87. The molecular formula is C16H20FNO5. The zero-order valence-electron chi connectivity index (χ0n) is 13.0. The summed E-state index contributed by atoms with van der Waals surface area (Å²) in [5.74, 6) is -3.32. The van der Waals surface area contributed by atoms with Crippen LogP contribution >= 0.6 is 0 Å². The molecule has 0 bridgehead atoms. The number of nitrogens with one attached hydrogen (secondary N) is 1. The van der Waals surface area contributed by atoms with Gasteiger partial charge in [-0.2, -0.15) is 0 Å². The number of hydrogen-bond acceptors (Lipinski definition) is 4. The molecule has 0 aromatic heterocycles. The minimum absolute atomic E-state index is 0.0661. The Hall–Kier alpha value is -2.44. The molecule has 2 N–H and O–H groups in total. The second-order valence-electron chi connectivity index (χ2n) is 5.15. The summed E-state index contributed by atoms with van der Waals surface area (Å²) in [5, 5.41) is 11.5. The third-order valence-electron chi connectivity index (χ3n) is 3.19. The standard InChI is InChI=1S/C16H20FNO5/c1-3-23-16(22)10(2)8-13(15(20)21)18-14(19)9-11-4-6-12(17)7-5-11/h4-7,10,13H,3,8-9H2,1-2H3,(H,18,19)(H,20,21)/t10-,13-/m0/s1. The van der Waals surface area contributed by atoms with Gasteiger partial charge >= 0.3 is 11.9 Å². The van der Waals surface area contributed by atoms with E-state index >= 15 is 0 Å². The highest BCUT2D eigenvalue weighted by Crippen LogP contribution is 2.10. The van der Waals surface area contributed by atoms with Crippen LogP contribution in [0.15, 0.2) is 24.3 Å². The molecule has 0 unspecified atom stereocenters. The first-order valence-electron chi connectivity index (χ1n) is 7.26. The number of esters is 1. The molecular weight excluding hydrogens is 305 g/mol. The SMILES string of the molecule is CCOC(=O)[C@@H](C)C[C@H](NC(=O)Cc1ccc(F)cc1)C(=O)O. The lowest BCUT2D eigenvalue weighted by Gasteiger charge is -2.18. The van der Waals surface area contributed by atoms with Crippen LogP contribution in [0.1, 0.15) is 25.8 Å². The van der Waals surface area contributed by atoms with E-state index in [4.69, 9.17) is 9.84 Å². The van der Waals surface area contributed by atoms with Crippen molar-refractivity contribution in [3.8, 4) is 0 Å². The van der Waals surface area contributed by atoms with Crippen LogP contribution in [0.2, 0.25) is 0 Å². The van der Waals surface area contributed by atoms with E-state index in [0.29, 0.717) is 5.56 Å². The molecule has 2 atom stereocenters. The van der Waals surface area contributed by atoms with Crippen molar-refractivity contribution < 1.29 is 28.6 Å². The monoisotopic (exact) mass is 325 g/mol. The topological polar surface area (TPSA) is 92.7 Å². The predicted octanol–water partition coefficient (Wildman–Crippen LogP) is 1.53. The molecule has 6 nitrogen and oxygen atoms in total. The Morgan fingerprint density at radius 3 is 2.39 bits per heavy atom. The molecule has 23 heavy (non-hydrogen) atoms. The van der Waals surface area contributed by atoms with Crippen molar-refractivity contribution in [1.29, 1.82) is 0 Å². The van der Waals surface area contributed by atoms with Gasteiger partial charge in [-0.15, -0.1) is 0 Å². The number of amides is 1. The quantitative estimate of drug-likeness (QED) is 0.707. The van der Waals surface area contributed by atoms with Crippen molar-refractivity contribution in [2.24, 2.45) is 5.92 Å². The number of rotatable bonds is 8. The lowest BCUT2D eigenvalue weighted by Crippen LogP contribution is -2.43. The number of ether oxygens (including phenoxy) is 1. The molecule has 0 spiro atoms. The van der Waals surface area contributed by atoms with Crippen LogP contribution in [-0.4, -0.2) is 35.6 Å². The van der Waals surface area contributed by atoms with E-state index in [-0.39, 0.29) is 19.4 Å². The van der Waals surface area contributed by atoms with Gasteiger partial charge in [0.2, 0.25) is 5.91 Å². The van der Waals surface area contributed by atoms with E-state index in [2.05, 4.69) is 5.32 Å². The molecule has 126 valence electrons. The summed E-state index contributed by atoms with van der Waals surface area (Å²) in [6, 6.07) is 4.15. The van der Waals surface area contributed by atoms with Crippen molar-refractivity contribution in [2.45, 2.75) is 32.7 Å². The molecule has 0 aliphatic carbocycles. The van der Waals surface area contributed by atoms with Gasteiger partial charge in [0.25, 0.3) is 0 Å². The zero-order valence-corrected chi connectivity index (χ0v) is 13.0. The molecule has 7 heteroatoms. The van der Waals surface area contributed by atoms with Crippen molar-refractivity contribution in [3.05, 3.63) is 35.6 Å². The van der Waals surface area contributed by atoms with Gasteiger partial charge in [0.05, 0.1) is 18.9 Å². The summed E-state index contributed by atoms with van der Waals surface area (Å²) < 4.78 is 17.6. The molecule has 1 aromatic carbocycles. The fraction of sp³-hybridized carbons (Fsp3) is 0.438. The van der Waals surface area contributed by atoms with Gasteiger partial charge < -0.3 is 15.2 Å². The fourth-order valence-corrected chi connectivity index (χ4v) is 1.99. The molecule has 0 fully saturated rings. The Morgan fingerprint density at radius 2 is 1.87 bits per heavy atom. The Bertz CT molecular complexity index is 558. The van der Waals surface area contributed by atoms with E-state index in [9.17, 15) is 18.8 Å². The second-order valence-corrected chi connectivity index (χ2v) is 5.15. The number of benzene rings is 1. The third-order valence-corrected chi connectivity index (χ3v) is 3.19. The lowest BCUT2D eigenvalue weighted by molar-refractivity contribution is -0.149. The molecule has 0 aliphatic rings. The Balaban J connectivity index is 2.61. The lowest BCUT2D eigenvalue weighted by atomic mass is 10.0. The number of carboxylic acids is 1. The first-order chi connectivity index (χ1) is 10.8. The summed E-state index contributed by atoms with van der Waals surface area (Å²) in [4.78, 5) is 34.7. The van der Waals surface area contributed by atoms with Crippen molar-refractivity contribution in [2.75, 3.05) is 6.61 Å². The number of carbonyl (C=O) groups excluding carboxylic acids is 2. The Morgan fingerprint density at radius 1 is 1.26 bits per heavy atom. The predicted molar refractivity (Wildman–Crippen MR) is 80.1 cm³/mol. The van der Waals surface area contributed by atoms with E-state index in [1.165, 1.54) is 24.3 Å². The zero-order chi connectivity index (χ0) is 17.4. The normalized spacial score (nSPS) is 13.0. The summed E-state index contributed by atoms with van der Waals surface area (Å²) in [7, 11) is 0. The maximum atomic E-state index is 12.8. The van der Waals surface area contributed by atoms with Crippen molar-refractivity contribution >= 4 is 17.8 Å². The first-order valence-corrected chi connectivity index (χ1v) is 7.26. The van der Waals surface area contributed by atoms with Crippen LogP contribution < -0.4 is 5.32 Å². The van der Waals surface area contributed by atoms with Gasteiger partial charge in [0.1, 0.15) is 11.9 Å². The summed E-state index contributed by atoms with van der Waals surface area (Å²) in [6.45, 7) is 3.40. The molecule has 0 radical (unpaired) electrons. The molecule has 0 aliphatic heterocycles. The average Bonchev–Trinajstić information content (AvgIpc) is 2.49. The highest BCUT2D eigenvalue weighted by atomic mass is 19.1. The highest BCUT2D eigenvalue weighted by Gasteiger charge is 2.26. The summed E-state index contributed by atoms with van der Waals surface area (Å²) in [6.07, 6.45) is -0.138.